The van der Waals surface area contributed by atoms with E-state index in [9.17, 15) is 0 Å². The van der Waals surface area contributed by atoms with Crippen molar-refractivity contribution in [2.24, 2.45) is 11.3 Å². The molecule has 1 unspecified atom stereocenters. The molecule has 0 heterocycles. The van der Waals surface area contributed by atoms with E-state index < -0.39 is 16.9 Å². The van der Waals surface area contributed by atoms with E-state index >= 15 is 0 Å². The van der Waals surface area contributed by atoms with Gasteiger partial charge in [-0.05, 0) is 65.3 Å². The lowest BCUT2D eigenvalue weighted by Crippen LogP contribution is -2.32. The van der Waals surface area contributed by atoms with Crippen LogP contribution in [0.2, 0.25) is 0 Å². The summed E-state index contributed by atoms with van der Waals surface area (Å²) in [6.07, 6.45) is 9.72. The fourth-order valence-corrected chi connectivity index (χ4v) is 23.1. The van der Waals surface area contributed by atoms with Gasteiger partial charge in [0.05, 0.1) is 0 Å². The van der Waals surface area contributed by atoms with Crippen LogP contribution >= 0.6 is 29.1 Å². The molecule has 0 amide bonds. The maximum absolute atomic E-state index is 5.82. The zero-order chi connectivity index (χ0) is 15.7. The Labute approximate surface area is 141 Å². The minimum absolute atomic E-state index is 0.339. The molecule has 0 aliphatic heterocycles. The quantitative estimate of drug-likeness (QED) is 0.459. The summed E-state index contributed by atoms with van der Waals surface area (Å²) in [5.74, 6) is 2.26. The molecule has 6 heteroatoms. The van der Waals surface area contributed by atoms with Crippen molar-refractivity contribution in [2.75, 3.05) is 26.2 Å². The molecule has 2 rings (SSSR count). The van der Waals surface area contributed by atoms with Crippen LogP contribution in [0.5, 0.6) is 0 Å². The monoisotopic (exact) mass is 368 g/mol. The van der Waals surface area contributed by atoms with Crippen LogP contribution in [0, 0.1) is 11.3 Å². The summed E-state index contributed by atoms with van der Waals surface area (Å²) in [5.41, 5.74) is 0.339. The smallest absolute Gasteiger partial charge is 0.382 e. The van der Waals surface area contributed by atoms with E-state index in [1.165, 1.54) is 37.9 Å². The first-order chi connectivity index (χ1) is 9.72. The van der Waals surface area contributed by atoms with Gasteiger partial charge in [-0.3, -0.25) is 0 Å². The second-order valence-electron chi connectivity index (χ2n) is 8.02. The lowest BCUT2D eigenvalue weighted by Gasteiger charge is -2.43. The topological polar surface area (TPSA) is 18.5 Å². The van der Waals surface area contributed by atoms with Crippen LogP contribution in [-0.4, -0.2) is 39.4 Å². The molecule has 21 heavy (non-hydrogen) atoms. The van der Waals surface area contributed by atoms with Crippen molar-refractivity contribution in [1.29, 1.82) is 0 Å². The predicted molar refractivity (Wildman–Crippen MR) is 103 cm³/mol. The van der Waals surface area contributed by atoms with Crippen molar-refractivity contribution in [1.82, 2.24) is 0 Å². The second kappa shape index (κ2) is 6.97. The van der Waals surface area contributed by atoms with Gasteiger partial charge in [0.15, 0.2) is 0 Å². The van der Waals surface area contributed by atoms with Crippen molar-refractivity contribution >= 4 is 37.6 Å². The molecule has 0 aromatic carbocycles. The third kappa shape index (κ3) is 4.60. The van der Waals surface area contributed by atoms with Crippen LogP contribution in [0.3, 0.4) is 0 Å². The van der Waals surface area contributed by atoms with Gasteiger partial charge in [0, 0.05) is 19.0 Å². The first-order valence-corrected chi connectivity index (χ1v) is 15.2. The molecule has 126 valence electrons. The average molecular weight is 369 g/mol. The molecule has 2 saturated carbocycles. The Morgan fingerprint density at radius 2 is 1.76 bits per heavy atom. The van der Waals surface area contributed by atoms with E-state index in [1.54, 1.807) is 0 Å². The van der Waals surface area contributed by atoms with E-state index in [2.05, 4.69) is 47.6 Å². The maximum atomic E-state index is 5.82. The zero-order valence-electron chi connectivity index (χ0n) is 14.4. The summed E-state index contributed by atoms with van der Waals surface area (Å²) in [5, 5.41) is 0. The SMILES string of the molecule is CO[SiH](OC)S(C)(CC(C)(C)C)SSC12CCC(CC1)C2. The third-order valence-corrected chi connectivity index (χ3v) is 22.5. The van der Waals surface area contributed by atoms with Crippen LogP contribution in [0.25, 0.3) is 0 Å². The predicted octanol–water partition coefficient (Wildman–Crippen LogP) is 5.11. The van der Waals surface area contributed by atoms with Gasteiger partial charge < -0.3 is 8.85 Å². The molecule has 0 saturated heterocycles. The van der Waals surface area contributed by atoms with Gasteiger partial charge in [-0.2, -0.15) is 8.51 Å². The van der Waals surface area contributed by atoms with E-state index in [4.69, 9.17) is 8.85 Å². The summed E-state index contributed by atoms with van der Waals surface area (Å²) in [6.45, 7) is 7.04. The summed E-state index contributed by atoms with van der Waals surface area (Å²) < 4.78 is 12.2. The van der Waals surface area contributed by atoms with Gasteiger partial charge >= 0.3 is 8.43 Å². The molecule has 2 aliphatic carbocycles. The summed E-state index contributed by atoms with van der Waals surface area (Å²) in [7, 11) is 5.60. The highest BCUT2D eigenvalue weighted by molar-refractivity contribution is 9.24. The van der Waals surface area contributed by atoms with Crippen LogP contribution in [0.4, 0.5) is 0 Å². The van der Waals surface area contributed by atoms with Gasteiger partial charge in [0.1, 0.15) is 0 Å². The van der Waals surface area contributed by atoms with Crippen molar-refractivity contribution in [3.05, 3.63) is 0 Å². The highest BCUT2D eigenvalue weighted by Gasteiger charge is 2.48. The van der Waals surface area contributed by atoms with Crippen molar-refractivity contribution in [3.8, 4) is 0 Å². The Hall–Kier alpha value is 1.19. The van der Waals surface area contributed by atoms with Crippen LogP contribution in [-0.2, 0) is 8.85 Å². The Balaban J connectivity index is 2.04. The molecule has 0 N–H and O–H groups in total. The fraction of sp³-hybridized carbons (Fsp3) is 1.00. The van der Waals surface area contributed by atoms with E-state index in [-0.39, 0.29) is 0 Å². The minimum Gasteiger partial charge on any atom is -0.393 e. The van der Waals surface area contributed by atoms with Gasteiger partial charge in [-0.1, -0.05) is 31.6 Å². The number of hydrogen-bond acceptors (Lipinski definition) is 4. The standard InChI is InChI=1S/C15H32O2S3Si/c1-14(2,3)12-20(6,21(16-4)17-5)19-18-15-9-7-13(11-15)8-10-15/h13,21H,7-12H2,1-6H3. The molecule has 1 atom stereocenters. The van der Waals surface area contributed by atoms with E-state index in [1.807, 2.05) is 14.2 Å². The van der Waals surface area contributed by atoms with Gasteiger partial charge in [-0.15, -0.1) is 0 Å². The van der Waals surface area contributed by atoms with Gasteiger partial charge in [0.25, 0.3) is 0 Å². The molecule has 0 aromatic rings. The molecule has 0 radical (unpaired) electrons. The molecule has 2 fully saturated rings. The molecular weight excluding hydrogens is 336 g/mol. The molecule has 0 spiro atoms. The summed E-state index contributed by atoms with van der Waals surface area (Å²) in [4.78, 5) is 0. The van der Waals surface area contributed by atoms with Crippen LogP contribution in [0.15, 0.2) is 0 Å². The zero-order valence-corrected chi connectivity index (χ0v) is 18.0. The van der Waals surface area contributed by atoms with Gasteiger partial charge in [-0.25, -0.2) is 0 Å². The maximum Gasteiger partial charge on any atom is 0.382 e. The Morgan fingerprint density at radius 1 is 1.19 bits per heavy atom. The first-order valence-electron chi connectivity index (χ1n) is 7.90. The minimum atomic E-state index is -1.59. The molecule has 2 aliphatic rings. The van der Waals surface area contributed by atoms with Crippen molar-refractivity contribution in [3.63, 3.8) is 0 Å². The lowest BCUT2D eigenvalue weighted by atomic mass is 10.0. The van der Waals surface area contributed by atoms with Crippen LogP contribution in [0.1, 0.15) is 52.9 Å². The third-order valence-electron chi connectivity index (χ3n) is 4.55. The summed E-state index contributed by atoms with van der Waals surface area (Å²) >= 11 is 0. The largest absolute Gasteiger partial charge is 0.393 e. The van der Waals surface area contributed by atoms with Crippen molar-refractivity contribution in [2.45, 2.75) is 57.6 Å². The average Bonchev–Trinajstić information content (AvgIpc) is 2.97. The second-order valence-corrected chi connectivity index (χ2v) is 22.9. The lowest BCUT2D eigenvalue weighted by molar-refractivity contribution is 0.300. The Morgan fingerprint density at radius 3 is 2.14 bits per heavy atom. The molecule has 0 aromatic heterocycles. The van der Waals surface area contributed by atoms with E-state index in [0.717, 1.165) is 5.92 Å². The molecule has 2 nitrogen and oxygen atoms in total. The molecule has 2 bridgehead atoms. The Kier molecular flexibility index (Phi) is 6.15. The number of rotatable bonds is 7. The Bertz CT molecular complexity index is 349. The first kappa shape index (κ1) is 18.5. The van der Waals surface area contributed by atoms with Crippen LogP contribution < -0.4 is 0 Å². The van der Waals surface area contributed by atoms with Crippen molar-refractivity contribution < 1.29 is 8.85 Å². The summed E-state index contributed by atoms with van der Waals surface area (Å²) in [6, 6.07) is 0. The van der Waals surface area contributed by atoms with Gasteiger partial charge in [0.2, 0.25) is 0 Å². The number of fused-ring (bicyclic) bond motifs is 2. The van der Waals surface area contributed by atoms with E-state index in [0.29, 0.717) is 10.2 Å². The molecular formula is C15H32O2S3Si. The highest BCUT2D eigenvalue weighted by atomic mass is 33.6. The highest BCUT2D eigenvalue weighted by Crippen LogP contribution is 2.71. The fourth-order valence-electron chi connectivity index (χ4n) is 3.89. The normalized spacial score (nSPS) is 33.4. The number of hydrogen-bond donors (Lipinski definition) is 0.